The Morgan fingerprint density at radius 2 is 2.05 bits per heavy atom. The SMILES string of the molecule is CNS(=O)(=O)c1ccc(NC(C)c2cccnc2)c(N)c1. The van der Waals surface area contributed by atoms with E-state index in [1.807, 2.05) is 19.1 Å². The molecule has 0 fully saturated rings. The van der Waals surface area contributed by atoms with Crippen molar-refractivity contribution in [3.63, 3.8) is 0 Å². The molecule has 0 spiro atoms. The molecule has 1 aromatic carbocycles. The van der Waals surface area contributed by atoms with Gasteiger partial charge in [-0.2, -0.15) is 0 Å². The molecule has 7 heteroatoms. The molecule has 0 saturated carbocycles. The molecular weight excluding hydrogens is 288 g/mol. The molecule has 1 aromatic heterocycles. The quantitative estimate of drug-likeness (QED) is 0.731. The van der Waals surface area contributed by atoms with Gasteiger partial charge in [-0.05, 0) is 43.8 Å². The number of pyridine rings is 1. The first-order chi connectivity index (χ1) is 9.94. The number of hydrogen-bond donors (Lipinski definition) is 3. The molecule has 2 aromatic rings. The third-order valence-electron chi connectivity index (χ3n) is 3.16. The normalized spacial score (nSPS) is 12.9. The second kappa shape index (κ2) is 6.11. The van der Waals surface area contributed by atoms with Crippen LogP contribution in [0.15, 0.2) is 47.6 Å². The molecule has 21 heavy (non-hydrogen) atoms. The van der Waals surface area contributed by atoms with E-state index in [9.17, 15) is 8.42 Å². The Kier molecular flexibility index (Phi) is 4.44. The molecule has 0 aliphatic rings. The predicted molar refractivity (Wildman–Crippen MR) is 83.4 cm³/mol. The zero-order valence-corrected chi connectivity index (χ0v) is 12.7. The fourth-order valence-corrected chi connectivity index (χ4v) is 2.67. The Labute approximate surface area is 124 Å². The molecule has 0 aliphatic heterocycles. The highest BCUT2D eigenvalue weighted by Gasteiger charge is 2.14. The number of hydrogen-bond acceptors (Lipinski definition) is 5. The number of nitrogens with two attached hydrogens (primary N) is 1. The van der Waals surface area contributed by atoms with Crippen LogP contribution in [0.2, 0.25) is 0 Å². The highest BCUT2D eigenvalue weighted by molar-refractivity contribution is 7.89. The first-order valence-corrected chi connectivity index (χ1v) is 7.92. The average Bonchev–Trinajstić information content (AvgIpc) is 2.50. The molecule has 112 valence electrons. The maximum atomic E-state index is 11.7. The fraction of sp³-hybridized carbons (Fsp3) is 0.214. The molecule has 0 aliphatic carbocycles. The zero-order chi connectivity index (χ0) is 15.5. The number of anilines is 2. The third-order valence-corrected chi connectivity index (χ3v) is 4.57. The monoisotopic (exact) mass is 306 g/mol. The van der Waals surface area contributed by atoms with Crippen molar-refractivity contribution in [2.45, 2.75) is 17.9 Å². The fourth-order valence-electron chi connectivity index (χ4n) is 1.91. The highest BCUT2D eigenvalue weighted by atomic mass is 32.2. The predicted octanol–water partition coefficient (Wildman–Crippen LogP) is 1.75. The average molecular weight is 306 g/mol. The topological polar surface area (TPSA) is 97.1 Å². The van der Waals surface area contributed by atoms with E-state index in [4.69, 9.17) is 5.73 Å². The number of nitrogen functional groups attached to an aromatic ring is 1. The second-order valence-corrected chi connectivity index (χ2v) is 6.50. The molecule has 4 N–H and O–H groups in total. The number of benzene rings is 1. The van der Waals surface area contributed by atoms with E-state index < -0.39 is 10.0 Å². The van der Waals surface area contributed by atoms with Gasteiger partial charge in [0.05, 0.1) is 22.3 Å². The van der Waals surface area contributed by atoms with Crippen molar-refractivity contribution >= 4 is 21.4 Å². The molecule has 6 nitrogen and oxygen atoms in total. The van der Waals surface area contributed by atoms with Gasteiger partial charge < -0.3 is 11.1 Å². The van der Waals surface area contributed by atoms with Crippen molar-refractivity contribution in [1.82, 2.24) is 9.71 Å². The van der Waals surface area contributed by atoms with E-state index in [1.54, 1.807) is 18.5 Å². The van der Waals surface area contributed by atoms with Crippen LogP contribution in [0, 0.1) is 0 Å². The van der Waals surface area contributed by atoms with E-state index >= 15 is 0 Å². The summed E-state index contributed by atoms with van der Waals surface area (Å²) >= 11 is 0. The van der Waals surface area contributed by atoms with Gasteiger partial charge in [-0.25, -0.2) is 13.1 Å². The van der Waals surface area contributed by atoms with Gasteiger partial charge in [-0.1, -0.05) is 6.07 Å². The molecule has 1 atom stereocenters. The molecule has 0 bridgehead atoms. The van der Waals surface area contributed by atoms with Crippen LogP contribution >= 0.6 is 0 Å². The first-order valence-electron chi connectivity index (χ1n) is 6.43. The van der Waals surface area contributed by atoms with E-state index in [0.717, 1.165) is 5.56 Å². The van der Waals surface area contributed by atoms with Crippen LogP contribution in [-0.2, 0) is 10.0 Å². The maximum absolute atomic E-state index is 11.7. The van der Waals surface area contributed by atoms with Gasteiger partial charge in [0, 0.05) is 12.4 Å². The van der Waals surface area contributed by atoms with Crippen molar-refractivity contribution < 1.29 is 8.42 Å². The highest BCUT2D eigenvalue weighted by Crippen LogP contribution is 2.26. The van der Waals surface area contributed by atoms with Gasteiger partial charge in [0.2, 0.25) is 10.0 Å². The summed E-state index contributed by atoms with van der Waals surface area (Å²) in [5.74, 6) is 0. The number of rotatable bonds is 5. The standard InChI is InChI=1S/C14H18N4O2S/c1-10(11-4-3-7-17-9-11)18-14-6-5-12(8-13(14)15)21(19,20)16-2/h3-10,16,18H,15H2,1-2H3. The van der Waals surface area contributed by atoms with Crippen LogP contribution in [-0.4, -0.2) is 20.4 Å². The lowest BCUT2D eigenvalue weighted by Crippen LogP contribution is -2.19. The smallest absolute Gasteiger partial charge is 0.240 e. The summed E-state index contributed by atoms with van der Waals surface area (Å²) in [5, 5.41) is 3.24. The van der Waals surface area contributed by atoms with E-state index in [1.165, 1.54) is 19.2 Å². The van der Waals surface area contributed by atoms with Gasteiger partial charge in [0.15, 0.2) is 0 Å². The summed E-state index contributed by atoms with van der Waals surface area (Å²) in [6.45, 7) is 1.98. The van der Waals surface area contributed by atoms with Gasteiger partial charge >= 0.3 is 0 Å². The van der Waals surface area contributed by atoms with Crippen LogP contribution < -0.4 is 15.8 Å². The summed E-state index contributed by atoms with van der Waals surface area (Å²) in [7, 11) is -2.12. The first kappa shape index (κ1) is 15.3. The number of nitrogens with zero attached hydrogens (tertiary/aromatic N) is 1. The molecule has 1 unspecified atom stereocenters. The Morgan fingerprint density at radius 3 is 2.62 bits per heavy atom. The maximum Gasteiger partial charge on any atom is 0.240 e. The number of sulfonamides is 1. The van der Waals surface area contributed by atoms with Crippen LogP contribution in [0.3, 0.4) is 0 Å². The van der Waals surface area contributed by atoms with Gasteiger partial charge in [-0.3, -0.25) is 4.98 Å². The van der Waals surface area contributed by atoms with E-state index in [2.05, 4.69) is 15.0 Å². The zero-order valence-electron chi connectivity index (χ0n) is 11.9. The number of nitrogens with one attached hydrogen (secondary N) is 2. The Morgan fingerprint density at radius 1 is 1.29 bits per heavy atom. The molecule has 2 rings (SSSR count). The summed E-state index contributed by atoms with van der Waals surface area (Å²) in [6, 6.07) is 8.43. The van der Waals surface area contributed by atoms with Crippen LogP contribution in [0.1, 0.15) is 18.5 Å². The third kappa shape index (κ3) is 3.50. The molecular formula is C14H18N4O2S. The lowest BCUT2D eigenvalue weighted by atomic mass is 10.1. The summed E-state index contributed by atoms with van der Waals surface area (Å²) in [4.78, 5) is 4.21. The van der Waals surface area contributed by atoms with E-state index in [0.29, 0.717) is 11.4 Å². The minimum absolute atomic E-state index is 0.00718. The minimum Gasteiger partial charge on any atom is -0.397 e. The molecule has 0 saturated heterocycles. The molecule has 0 amide bonds. The van der Waals surface area contributed by atoms with Crippen molar-refractivity contribution in [2.75, 3.05) is 18.1 Å². The lowest BCUT2D eigenvalue weighted by molar-refractivity contribution is 0.588. The van der Waals surface area contributed by atoms with Crippen LogP contribution in [0.5, 0.6) is 0 Å². The van der Waals surface area contributed by atoms with E-state index in [-0.39, 0.29) is 10.9 Å². The van der Waals surface area contributed by atoms with Crippen LogP contribution in [0.25, 0.3) is 0 Å². The van der Waals surface area contributed by atoms with Gasteiger partial charge in [-0.15, -0.1) is 0 Å². The Bertz CT molecular complexity index is 717. The molecule has 0 radical (unpaired) electrons. The number of aromatic nitrogens is 1. The Balaban J connectivity index is 2.23. The van der Waals surface area contributed by atoms with Gasteiger partial charge in [0.1, 0.15) is 0 Å². The van der Waals surface area contributed by atoms with Gasteiger partial charge in [0.25, 0.3) is 0 Å². The van der Waals surface area contributed by atoms with Crippen LogP contribution in [0.4, 0.5) is 11.4 Å². The molecule has 1 heterocycles. The second-order valence-electron chi connectivity index (χ2n) is 4.61. The lowest BCUT2D eigenvalue weighted by Gasteiger charge is -2.17. The summed E-state index contributed by atoms with van der Waals surface area (Å²) in [5.41, 5.74) is 8.00. The van der Waals surface area contributed by atoms with Crippen molar-refractivity contribution in [3.05, 3.63) is 48.3 Å². The van der Waals surface area contributed by atoms with Crippen molar-refractivity contribution in [1.29, 1.82) is 0 Å². The largest absolute Gasteiger partial charge is 0.397 e. The van der Waals surface area contributed by atoms with Crippen molar-refractivity contribution in [3.8, 4) is 0 Å². The summed E-state index contributed by atoms with van der Waals surface area (Å²) in [6.07, 6.45) is 3.48. The summed E-state index contributed by atoms with van der Waals surface area (Å²) < 4.78 is 25.7. The Hall–Kier alpha value is -2.12. The minimum atomic E-state index is -3.49. The van der Waals surface area contributed by atoms with Crippen molar-refractivity contribution in [2.24, 2.45) is 0 Å².